The molecule has 1 aromatic carbocycles. The highest BCUT2D eigenvalue weighted by molar-refractivity contribution is 6.00. The van der Waals surface area contributed by atoms with Gasteiger partial charge in [-0.2, -0.15) is 0 Å². The first-order chi connectivity index (χ1) is 19.9. The molecule has 1 aliphatic rings. The molecular weight excluding hydrogens is 564 g/mol. The average Bonchev–Trinajstić information content (AvgIpc) is 2.86. The lowest BCUT2D eigenvalue weighted by Gasteiger charge is -2.30. The standard InChI is InChI=1S/C29H40N4O10/c1-17-21(24(34)40-15-13-30-26(36)42-28(3,4)5)23(19-11-9-10-12-20(19)33(38)39)22(18(2)32-17)25(35)41-16-14-31-27(37)43-29(6,7)8/h9-12,23,32H,13-16H2,1-8H3,(H,30,36)(H,31,37). The number of benzene rings is 1. The van der Waals surface area contributed by atoms with Crippen molar-refractivity contribution in [2.45, 2.75) is 72.5 Å². The Labute approximate surface area is 250 Å². The van der Waals surface area contributed by atoms with Crippen molar-refractivity contribution in [3.8, 4) is 0 Å². The van der Waals surface area contributed by atoms with Gasteiger partial charge in [0.15, 0.2) is 0 Å². The van der Waals surface area contributed by atoms with Crippen LogP contribution in [0.5, 0.6) is 0 Å². The third-order valence-electron chi connectivity index (χ3n) is 5.65. The molecule has 1 aromatic rings. The number of ether oxygens (including phenoxy) is 4. The SMILES string of the molecule is CC1=C(C(=O)OCCNC(=O)OC(C)(C)C)C(c2ccccc2[N+](=O)[O-])C(C(=O)OCCNC(=O)OC(C)(C)C)=C(C)N1. The summed E-state index contributed by atoms with van der Waals surface area (Å²) < 4.78 is 21.1. The molecule has 0 saturated heterocycles. The number of amides is 2. The summed E-state index contributed by atoms with van der Waals surface area (Å²) in [5, 5.41) is 19.9. The second kappa shape index (κ2) is 14.5. The van der Waals surface area contributed by atoms with Crippen molar-refractivity contribution in [1.82, 2.24) is 16.0 Å². The molecule has 0 aromatic heterocycles. The Morgan fingerprint density at radius 1 is 0.814 bits per heavy atom. The smallest absolute Gasteiger partial charge is 0.407 e. The van der Waals surface area contributed by atoms with E-state index in [1.54, 1.807) is 61.5 Å². The van der Waals surface area contributed by atoms with Gasteiger partial charge >= 0.3 is 24.1 Å². The van der Waals surface area contributed by atoms with Gasteiger partial charge in [0, 0.05) is 23.0 Å². The van der Waals surface area contributed by atoms with Crippen LogP contribution in [0.1, 0.15) is 66.9 Å². The van der Waals surface area contributed by atoms with Gasteiger partial charge < -0.3 is 34.9 Å². The summed E-state index contributed by atoms with van der Waals surface area (Å²) in [6.45, 7) is 12.8. The minimum absolute atomic E-state index is 0.0454. The molecule has 43 heavy (non-hydrogen) atoms. The molecule has 14 nitrogen and oxygen atoms in total. The monoisotopic (exact) mass is 604 g/mol. The summed E-state index contributed by atoms with van der Waals surface area (Å²) in [5.41, 5.74) is -1.13. The molecule has 0 fully saturated rings. The molecule has 1 heterocycles. The fourth-order valence-electron chi connectivity index (χ4n) is 4.12. The van der Waals surface area contributed by atoms with E-state index in [9.17, 15) is 29.3 Å². The number of nitro groups is 1. The summed E-state index contributed by atoms with van der Waals surface area (Å²) in [6.07, 6.45) is -1.39. The molecule has 0 unspecified atom stereocenters. The fourth-order valence-corrected chi connectivity index (χ4v) is 4.12. The van der Waals surface area contributed by atoms with E-state index in [4.69, 9.17) is 18.9 Å². The van der Waals surface area contributed by atoms with Crippen LogP contribution in [0.4, 0.5) is 15.3 Å². The molecule has 14 heteroatoms. The predicted molar refractivity (Wildman–Crippen MR) is 155 cm³/mol. The predicted octanol–water partition coefficient (Wildman–Crippen LogP) is 3.97. The minimum Gasteiger partial charge on any atom is -0.460 e. The normalized spacial score (nSPS) is 14.0. The number of para-hydroxylation sites is 1. The molecule has 3 N–H and O–H groups in total. The number of alkyl carbamates (subject to hydrolysis) is 2. The van der Waals surface area contributed by atoms with Crippen molar-refractivity contribution in [2.75, 3.05) is 26.3 Å². The van der Waals surface area contributed by atoms with Gasteiger partial charge in [0.25, 0.3) is 5.69 Å². The van der Waals surface area contributed by atoms with Gasteiger partial charge in [-0.25, -0.2) is 19.2 Å². The molecular formula is C29H40N4O10. The Bertz CT molecular complexity index is 1230. The average molecular weight is 605 g/mol. The quantitative estimate of drug-likeness (QED) is 0.115. The highest BCUT2D eigenvalue weighted by Crippen LogP contribution is 2.42. The van der Waals surface area contributed by atoms with E-state index in [-0.39, 0.29) is 48.7 Å². The molecule has 0 bridgehead atoms. The number of rotatable bonds is 10. The fraction of sp³-hybridized carbons (Fsp3) is 0.517. The van der Waals surface area contributed by atoms with Crippen LogP contribution in [0, 0.1) is 10.1 Å². The molecule has 2 rings (SSSR count). The van der Waals surface area contributed by atoms with Crippen LogP contribution >= 0.6 is 0 Å². The van der Waals surface area contributed by atoms with Crippen LogP contribution in [0.15, 0.2) is 46.8 Å². The van der Waals surface area contributed by atoms with Gasteiger partial charge in [0.05, 0.1) is 35.1 Å². The highest BCUT2D eigenvalue weighted by atomic mass is 16.6. The van der Waals surface area contributed by atoms with Crippen LogP contribution in [-0.4, -0.2) is 66.6 Å². The van der Waals surface area contributed by atoms with Crippen LogP contribution in [0.3, 0.4) is 0 Å². The van der Waals surface area contributed by atoms with Crippen LogP contribution in [0.2, 0.25) is 0 Å². The van der Waals surface area contributed by atoms with Crippen molar-refractivity contribution < 1.29 is 43.0 Å². The number of dihydropyridines is 1. The summed E-state index contributed by atoms with van der Waals surface area (Å²) >= 11 is 0. The number of nitrogens with one attached hydrogen (secondary N) is 3. The van der Waals surface area contributed by atoms with E-state index in [0.29, 0.717) is 11.4 Å². The summed E-state index contributed by atoms with van der Waals surface area (Å²) in [4.78, 5) is 62.0. The molecule has 0 saturated carbocycles. The number of hydrogen-bond donors (Lipinski definition) is 3. The number of carbonyl (C=O) groups excluding carboxylic acids is 4. The summed E-state index contributed by atoms with van der Waals surface area (Å²) in [5.74, 6) is -2.94. The first-order valence-electron chi connectivity index (χ1n) is 13.6. The third-order valence-corrected chi connectivity index (χ3v) is 5.65. The maximum Gasteiger partial charge on any atom is 0.407 e. The van der Waals surface area contributed by atoms with Gasteiger partial charge in [0.2, 0.25) is 0 Å². The van der Waals surface area contributed by atoms with Crippen LogP contribution < -0.4 is 16.0 Å². The Kier molecular flexibility index (Phi) is 11.7. The number of hydrogen-bond acceptors (Lipinski definition) is 11. The van der Waals surface area contributed by atoms with Crippen molar-refractivity contribution in [3.05, 3.63) is 62.5 Å². The second-order valence-corrected chi connectivity index (χ2v) is 11.6. The van der Waals surface area contributed by atoms with Crippen molar-refractivity contribution in [1.29, 1.82) is 0 Å². The van der Waals surface area contributed by atoms with Crippen molar-refractivity contribution in [2.24, 2.45) is 0 Å². The molecule has 0 spiro atoms. The van der Waals surface area contributed by atoms with E-state index in [0.717, 1.165) is 0 Å². The number of esters is 2. The number of allylic oxidation sites excluding steroid dienone is 2. The summed E-state index contributed by atoms with van der Waals surface area (Å²) in [6, 6.07) is 5.74. The highest BCUT2D eigenvalue weighted by Gasteiger charge is 2.41. The Morgan fingerprint density at radius 3 is 1.63 bits per heavy atom. The Morgan fingerprint density at radius 2 is 1.23 bits per heavy atom. The van der Waals surface area contributed by atoms with Gasteiger partial charge in [-0.3, -0.25) is 10.1 Å². The second-order valence-electron chi connectivity index (χ2n) is 11.6. The van der Waals surface area contributed by atoms with E-state index in [1.807, 2.05) is 0 Å². The lowest BCUT2D eigenvalue weighted by molar-refractivity contribution is -0.385. The van der Waals surface area contributed by atoms with Gasteiger partial charge in [-0.15, -0.1) is 0 Å². The molecule has 0 radical (unpaired) electrons. The van der Waals surface area contributed by atoms with E-state index in [1.165, 1.54) is 18.2 Å². The lowest BCUT2D eigenvalue weighted by Crippen LogP contribution is -2.36. The largest absolute Gasteiger partial charge is 0.460 e. The van der Waals surface area contributed by atoms with Crippen molar-refractivity contribution in [3.63, 3.8) is 0 Å². The first-order valence-corrected chi connectivity index (χ1v) is 13.6. The summed E-state index contributed by atoms with van der Waals surface area (Å²) in [7, 11) is 0. The Balaban J connectivity index is 2.29. The molecule has 236 valence electrons. The van der Waals surface area contributed by atoms with E-state index < -0.39 is 46.2 Å². The zero-order chi connectivity index (χ0) is 32.5. The number of nitrogens with zero attached hydrogens (tertiary/aromatic N) is 1. The number of nitro benzene ring substituents is 1. The zero-order valence-corrected chi connectivity index (χ0v) is 25.7. The molecule has 0 aliphatic carbocycles. The Hall–Kier alpha value is -4.62. The zero-order valence-electron chi connectivity index (χ0n) is 25.7. The van der Waals surface area contributed by atoms with Crippen molar-refractivity contribution >= 4 is 29.8 Å². The van der Waals surface area contributed by atoms with Gasteiger partial charge in [0.1, 0.15) is 24.4 Å². The molecule has 2 amide bonds. The molecule has 1 aliphatic heterocycles. The lowest BCUT2D eigenvalue weighted by atomic mass is 9.79. The van der Waals surface area contributed by atoms with Crippen LogP contribution in [-0.2, 0) is 28.5 Å². The number of carbonyl (C=O) groups is 4. The third kappa shape index (κ3) is 10.6. The molecule has 0 atom stereocenters. The van der Waals surface area contributed by atoms with E-state index in [2.05, 4.69) is 16.0 Å². The van der Waals surface area contributed by atoms with Gasteiger partial charge in [-0.1, -0.05) is 18.2 Å². The van der Waals surface area contributed by atoms with E-state index >= 15 is 0 Å². The topological polar surface area (TPSA) is 184 Å². The maximum absolute atomic E-state index is 13.4. The first kappa shape index (κ1) is 34.6. The maximum atomic E-state index is 13.4. The van der Waals surface area contributed by atoms with Gasteiger partial charge in [-0.05, 0) is 55.4 Å². The van der Waals surface area contributed by atoms with Crippen LogP contribution in [0.25, 0.3) is 0 Å². The minimum atomic E-state index is -1.22.